The van der Waals surface area contributed by atoms with Crippen LogP contribution in [0.15, 0.2) is 18.2 Å². The Morgan fingerprint density at radius 2 is 2.00 bits per heavy atom. The summed E-state index contributed by atoms with van der Waals surface area (Å²) in [4.78, 5) is 23.2. The Bertz CT molecular complexity index is 655. The van der Waals surface area contributed by atoms with Crippen molar-refractivity contribution >= 4 is 23.5 Å². The van der Waals surface area contributed by atoms with Gasteiger partial charge in [-0.05, 0) is 37.0 Å². The lowest BCUT2D eigenvalue weighted by Crippen LogP contribution is -2.43. The molecule has 0 aromatic heterocycles. The Morgan fingerprint density at radius 3 is 2.67 bits per heavy atom. The fourth-order valence-corrected chi connectivity index (χ4v) is 3.16. The molecule has 1 aromatic rings. The predicted octanol–water partition coefficient (Wildman–Crippen LogP) is 2.06. The second-order valence-electron chi connectivity index (χ2n) is 5.90. The zero-order valence-corrected chi connectivity index (χ0v) is 13.5. The molecular weight excluding hydrogens is 341 g/mol. The van der Waals surface area contributed by atoms with Crippen molar-refractivity contribution in [3.63, 3.8) is 0 Å². The van der Waals surface area contributed by atoms with Crippen LogP contribution in [0.5, 0.6) is 0 Å². The number of benzene rings is 1. The smallest absolute Gasteiger partial charge is 0.332 e. The van der Waals surface area contributed by atoms with E-state index in [1.54, 1.807) is 6.07 Å². The summed E-state index contributed by atoms with van der Waals surface area (Å²) in [7, 11) is 0. The number of halogens is 2. The Kier molecular flexibility index (Phi) is 5.03. The molecule has 1 aromatic carbocycles. The lowest BCUT2D eigenvalue weighted by molar-refractivity contribution is -0.152. The normalized spacial score (nSPS) is 29.6. The van der Waals surface area contributed by atoms with Crippen LogP contribution < -0.4 is 5.32 Å². The van der Waals surface area contributed by atoms with Gasteiger partial charge in [-0.15, -0.1) is 0 Å². The molecule has 8 heteroatoms. The number of hydrogen-bond donors (Lipinski definition) is 2. The van der Waals surface area contributed by atoms with Gasteiger partial charge in [0.2, 0.25) is 5.91 Å². The number of carbonyl (C=O) groups excluding carboxylic acids is 1. The summed E-state index contributed by atoms with van der Waals surface area (Å²) in [5.41, 5.74) is 0.593. The highest BCUT2D eigenvalue weighted by Crippen LogP contribution is 2.31. The maximum Gasteiger partial charge on any atom is 0.332 e. The van der Waals surface area contributed by atoms with Crippen LogP contribution in [0.4, 0.5) is 4.39 Å². The Hall–Kier alpha value is -1.70. The van der Waals surface area contributed by atoms with Gasteiger partial charge in [-0.1, -0.05) is 17.7 Å². The molecule has 6 nitrogen and oxygen atoms in total. The van der Waals surface area contributed by atoms with Crippen molar-refractivity contribution in [2.45, 2.75) is 43.6 Å². The van der Waals surface area contributed by atoms with E-state index in [1.165, 1.54) is 12.1 Å². The van der Waals surface area contributed by atoms with Gasteiger partial charge in [0.25, 0.3) is 0 Å². The van der Waals surface area contributed by atoms with E-state index in [0.717, 1.165) is 0 Å². The molecule has 0 spiro atoms. The van der Waals surface area contributed by atoms with Crippen LogP contribution in [0.1, 0.15) is 30.9 Å². The number of carboxylic acid groups (broad SMARTS) is 1. The van der Waals surface area contributed by atoms with Gasteiger partial charge in [0.05, 0.1) is 11.1 Å². The van der Waals surface area contributed by atoms with E-state index in [2.05, 4.69) is 5.32 Å². The third-order valence-corrected chi connectivity index (χ3v) is 4.59. The van der Waals surface area contributed by atoms with Crippen LogP contribution in [0.25, 0.3) is 0 Å². The third kappa shape index (κ3) is 3.53. The number of hydrogen-bond acceptors (Lipinski definition) is 4. The molecule has 0 aliphatic carbocycles. The number of carboxylic acids is 1. The van der Waals surface area contributed by atoms with Gasteiger partial charge in [-0.25, -0.2) is 9.18 Å². The van der Waals surface area contributed by atoms with Crippen LogP contribution in [0.3, 0.4) is 0 Å². The summed E-state index contributed by atoms with van der Waals surface area (Å²) in [6.45, 7) is 0.434. The highest BCUT2D eigenvalue weighted by molar-refractivity contribution is 6.30. The fourth-order valence-electron chi connectivity index (χ4n) is 3.04. The average molecular weight is 358 g/mol. The standard InChI is InChI=1S/C16H17ClFNO5/c17-9-2-1-8(7-10(9)18)14-11(5-6-23-14)19-15(20)12-3-4-13(24-12)16(21)22/h1-2,7,11-14H,3-6H2,(H,19,20)(H,21,22)/t11?,12-,13+,14?/m0/s1. The van der Waals surface area contributed by atoms with E-state index in [-0.39, 0.29) is 17.0 Å². The molecule has 2 heterocycles. The van der Waals surface area contributed by atoms with E-state index in [1.807, 2.05) is 0 Å². The monoisotopic (exact) mass is 357 g/mol. The SMILES string of the molecule is O=C(NC1CCOC1c1ccc(Cl)c(F)c1)[C@@H]1CC[C@H](C(=O)O)O1. The summed E-state index contributed by atoms with van der Waals surface area (Å²) < 4.78 is 24.5. The molecule has 4 atom stereocenters. The van der Waals surface area contributed by atoms with Crippen molar-refractivity contribution in [1.29, 1.82) is 0 Å². The summed E-state index contributed by atoms with van der Waals surface area (Å²) in [6, 6.07) is 4.08. The first kappa shape index (κ1) is 17.1. The molecule has 2 saturated heterocycles. The van der Waals surface area contributed by atoms with Gasteiger partial charge in [0.15, 0.2) is 6.10 Å². The van der Waals surface area contributed by atoms with E-state index in [0.29, 0.717) is 31.4 Å². The summed E-state index contributed by atoms with van der Waals surface area (Å²) >= 11 is 5.68. The minimum Gasteiger partial charge on any atom is -0.479 e. The van der Waals surface area contributed by atoms with Crippen LogP contribution in [-0.2, 0) is 19.1 Å². The van der Waals surface area contributed by atoms with Gasteiger partial charge in [-0.2, -0.15) is 0 Å². The molecule has 2 aliphatic heterocycles. The molecule has 0 bridgehead atoms. The van der Waals surface area contributed by atoms with Gasteiger partial charge in [0.1, 0.15) is 18.0 Å². The summed E-state index contributed by atoms with van der Waals surface area (Å²) in [5, 5.41) is 11.8. The lowest BCUT2D eigenvalue weighted by Gasteiger charge is -2.22. The molecule has 24 heavy (non-hydrogen) atoms. The minimum absolute atomic E-state index is 0.0244. The number of rotatable bonds is 4. The zero-order valence-electron chi connectivity index (χ0n) is 12.7. The molecule has 2 N–H and O–H groups in total. The van der Waals surface area contributed by atoms with Gasteiger partial charge >= 0.3 is 5.97 Å². The van der Waals surface area contributed by atoms with Crippen LogP contribution in [0, 0.1) is 5.82 Å². The molecule has 130 valence electrons. The Morgan fingerprint density at radius 1 is 1.25 bits per heavy atom. The molecule has 1 amide bonds. The Labute approximate surface area is 142 Å². The van der Waals surface area contributed by atoms with Crippen LogP contribution >= 0.6 is 11.6 Å². The molecular formula is C16H17ClFNO5. The van der Waals surface area contributed by atoms with Crippen molar-refractivity contribution in [1.82, 2.24) is 5.32 Å². The Balaban J connectivity index is 1.64. The number of amides is 1. The van der Waals surface area contributed by atoms with E-state index < -0.39 is 30.1 Å². The highest BCUT2D eigenvalue weighted by Gasteiger charge is 2.38. The third-order valence-electron chi connectivity index (χ3n) is 4.28. The van der Waals surface area contributed by atoms with E-state index in [9.17, 15) is 14.0 Å². The highest BCUT2D eigenvalue weighted by atomic mass is 35.5. The number of nitrogens with one attached hydrogen (secondary N) is 1. The van der Waals surface area contributed by atoms with Gasteiger partial charge < -0.3 is 19.9 Å². The first-order valence-corrected chi connectivity index (χ1v) is 8.08. The maximum absolute atomic E-state index is 13.6. The van der Waals surface area contributed by atoms with Gasteiger partial charge in [0, 0.05) is 6.61 Å². The number of aliphatic carboxylic acids is 1. The van der Waals surface area contributed by atoms with Crippen molar-refractivity contribution in [3.8, 4) is 0 Å². The van der Waals surface area contributed by atoms with E-state index in [4.69, 9.17) is 26.2 Å². The number of carbonyl (C=O) groups is 2. The maximum atomic E-state index is 13.6. The molecule has 3 rings (SSSR count). The quantitative estimate of drug-likeness (QED) is 0.861. The molecule has 0 radical (unpaired) electrons. The fraction of sp³-hybridized carbons (Fsp3) is 0.500. The van der Waals surface area contributed by atoms with Gasteiger partial charge in [-0.3, -0.25) is 4.79 Å². The first-order chi connectivity index (χ1) is 11.5. The summed E-state index contributed by atoms with van der Waals surface area (Å²) in [5.74, 6) is -1.98. The first-order valence-electron chi connectivity index (χ1n) is 7.71. The van der Waals surface area contributed by atoms with Crippen molar-refractivity contribution in [2.75, 3.05) is 6.61 Å². The largest absolute Gasteiger partial charge is 0.479 e. The average Bonchev–Trinajstić information content (AvgIpc) is 3.19. The van der Waals surface area contributed by atoms with E-state index >= 15 is 0 Å². The van der Waals surface area contributed by atoms with Crippen LogP contribution in [-0.4, -0.2) is 41.8 Å². The number of ether oxygens (including phenoxy) is 2. The molecule has 2 aliphatic rings. The topological polar surface area (TPSA) is 84.9 Å². The second kappa shape index (κ2) is 7.04. The van der Waals surface area contributed by atoms with Crippen LogP contribution in [0.2, 0.25) is 5.02 Å². The molecule has 2 unspecified atom stereocenters. The molecule has 2 fully saturated rings. The van der Waals surface area contributed by atoms with Crippen molar-refractivity contribution in [2.24, 2.45) is 0 Å². The minimum atomic E-state index is -1.07. The zero-order chi connectivity index (χ0) is 17.3. The predicted molar refractivity (Wildman–Crippen MR) is 82.2 cm³/mol. The lowest BCUT2D eigenvalue weighted by atomic mass is 10.0. The molecule has 0 saturated carbocycles. The van der Waals surface area contributed by atoms with Crippen molar-refractivity contribution < 1.29 is 28.6 Å². The summed E-state index contributed by atoms with van der Waals surface area (Å²) in [6.07, 6.45) is -0.958. The van der Waals surface area contributed by atoms with Crippen molar-refractivity contribution in [3.05, 3.63) is 34.6 Å². The second-order valence-corrected chi connectivity index (χ2v) is 6.30.